The summed E-state index contributed by atoms with van der Waals surface area (Å²) in [6.45, 7) is 5.89. The minimum absolute atomic E-state index is 0.276. The van der Waals surface area contributed by atoms with Crippen LogP contribution in [0.3, 0.4) is 0 Å². The molecule has 0 atom stereocenters. The van der Waals surface area contributed by atoms with Crippen molar-refractivity contribution in [1.82, 2.24) is 4.90 Å². The first kappa shape index (κ1) is 15.0. The molecule has 0 bridgehead atoms. The standard InChI is InChI=1S/C15H22N2O2S/c1-3-4-11-17-12-5-6-15(17)16-20(18,19)14-9-7-13(2)8-10-14/h7-10H,3-6,11-12H2,1-2H3. The van der Waals surface area contributed by atoms with Crippen molar-refractivity contribution in [1.29, 1.82) is 0 Å². The average molecular weight is 294 g/mol. The molecule has 0 radical (unpaired) electrons. The fraction of sp³-hybridized carbons (Fsp3) is 0.533. The Bertz CT molecular complexity index is 576. The zero-order valence-corrected chi connectivity index (χ0v) is 13.0. The highest BCUT2D eigenvalue weighted by Gasteiger charge is 2.22. The maximum absolute atomic E-state index is 12.3. The Hall–Kier alpha value is -1.36. The molecule has 5 heteroatoms. The van der Waals surface area contributed by atoms with Crippen LogP contribution in [0, 0.1) is 6.92 Å². The maximum Gasteiger partial charge on any atom is 0.283 e. The molecule has 1 aromatic carbocycles. The van der Waals surface area contributed by atoms with Gasteiger partial charge < -0.3 is 4.90 Å². The normalized spacial score (nSPS) is 17.9. The van der Waals surface area contributed by atoms with E-state index in [1.165, 1.54) is 0 Å². The van der Waals surface area contributed by atoms with E-state index in [1.807, 2.05) is 6.92 Å². The summed E-state index contributed by atoms with van der Waals surface area (Å²) in [5, 5.41) is 0. The largest absolute Gasteiger partial charge is 0.359 e. The second-order valence-electron chi connectivity index (χ2n) is 5.24. The Morgan fingerprint density at radius 2 is 1.95 bits per heavy atom. The topological polar surface area (TPSA) is 49.7 Å². The quantitative estimate of drug-likeness (QED) is 0.839. The molecule has 1 fully saturated rings. The van der Waals surface area contributed by atoms with Crippen LogP contribution in [-0.4, -0.2) is 32.2 Å². The van der Waals surface area contributed by atoms with Gasteiger partial charge in [0.2, 0.25) is 0 Å². The van der Waals surface area contributed by atoms with E-state index < -0.39 is 10.0 Å². The van der Waals surface area contributed by atoms with Crippen molar-refractivity contribution in [3.05, 3.63) is 29.8 Å². The van der Waals surface area contributed by atoms with Gasteiger partial charge in [0.15, 0.2) is 0 Å². The van der Waals surface area contributed by atoms with Gasteiger partial charge in [0.05, 0.1) is 4.90 Å². The van der Waals surface area contributed by atoms with E-state index in [4.69, 9.17) is 0 Å². The van der Waals surface area contributed by atoms with Crippen molar-refractivity contribution in [3.63, 3.8) is 0 Å². The third-order valence-corrected chi connectivity index (χ3v) is 4.84. The number of hydrogen-bond donors (Lipinski definition) is 0. The van der Waals surface area contributed by atoms with E-state index in [1.54, 1.807) is 24.3 Å². The van der Waals surface area contributed by atoms with E-state index in [0.29, 0.717) is 0 Å². The minimum atomic E-state index is -3.57. The lowest BCUT2D eigenvalue weighted by Gasteiger charge is -2.18. The molecule has 2 rings (SSSR count). The third kappa shape index (κ3) is 3.60. The summed E-state index contributed by atoms with van der Waals surface area (Å²) < 4.78 is 28.7. The first-order chi connectivity index (χ1) is 9.53. The molecular weight excluding hydrogens is 272 g/mol. The van der Waals surface area contributed by atoms with E-state index in [2.05, 4.69) is 16.2 Å². The van der Waals surface area contributed by atoms with Crippen molar-refractivity contribution in [3.8, 4) is 0 Å². The zero-order valence-electron chi connectivity index (χ0n) is 12.2. The molecule has 110 valence electrons. The summed E-state index contributed by atoms with van der Waals surface area (Å²) in [4.78, 5) is 2.38. The molecule has 1 aromatic rings. The molecule has 1 heterocycles. The van der Waals surface area contributed by atoms with Crippen molar-refractivity contribution in [2.24, 2.45) is 4.40 Å². The molecular formula is C15H22N2O2S. The number of hydrogen-bond acceptors (Lipinski definition) is 2. The summed E-state index contributed by atoms with van der Waals surface area (Å²) >= 11 is 0. The molecule has 0 unspecified atom stereocenters. The Balaban J connectivity index is 2.21. The van der Waals surface area contributed by atoms with Crippen molar-refractivity contribution < 1.29 is 8.42 Å². The maximum atomic E-state index is 12.3. The van der Waals surface area contributed by atoms with Gasteiger partial charge in [-0.2, -0.15) is 8.42 Å². The number of aryl methyl sites for hydroxylation is 1. The van der Waals surface area contributed by atoms with Crippen LogP contribution in [0.2, 0.25) is 0 Å². The lowest BCUT2D eigenvalue weighted by atomic mass is 10.2. The second kappa shape index (κ2) is 6.39. The van der Waals surface area contributed by atoms with E-state index in [-0.39, 0.29) is 4.90 Å². The van der Waals surface area contributed by atoms with Gasteiger partial charge in [0.25, 0.3) is 10.0 Å². The monoisotopic (exact) mass is 294 g/mol. The minimum Gasteiger partial charge on any atom is -0.359 e. The van der Waals surface area contributed by atoms with Crippen LogP contribution in [0.4, 0.5) is 0 Å². The van der Waals surface area contributed by atoms with Crippen molar-refractivity contribution in [2.75, 3.05) is 13.1 Å². The highest BCUT2D eigenvalue weighted by atomic mass is 32.2. The first-order valence-electron chi connectivity index (χ1n) is 7.18. The zero-order chi connectivity index (χ0) is 14.6. The van der Waals surface area contributed by atoms with Crippen molar-refractivity contribution >= 4 is 15.9 Å². The van der Waals surface area contributed by atoms with Crippen LogP contribution in [0.25, 0.3) is 0 Å². The molecule has 0 saturated carbocycles. The van der Waals surface area contributed by atoms with E-state index >= 15 is 0 Å². The number of likely N-dealkylation sites (tertiary alicyclic amines) is 1. The molecule has 4 nitrogen and oxygen atoms in total. The van der Waals surface area contributed by atoms with Gasteiger partial charge in [-0.1, -0.05) is 31.0 Å². The third-order valence-electron chi connectivity index (χ3n) is 3.52. The lowest BCUT2D eigenvalue weighted by Crippen LogP contribution is -2.26. The lowest BCUT2D eigenvalue weighted by molar-refractivity contribution is 0.440. The number of benzene rings is 1. The van der Waals surface area contributed by atoms with Gasteiger partial charge >= 0.3 is 0 Å². The smallest absolute Gasteiger partial charge is 0.283 e. The second-order valence-corrected chi connectivity index (χ2v) is 6.84. The van der Waals surface area contributed by atoms with Gasteiger partial charge in [-0.05, 0) is 31.9 Å². The molecule has 0 amide bonds. The molecule has 1 saturated heterocycles. The van der Waals surface area contributed by atoms with Crippen LogP contribution in [0.1, 0.15) is 38.2 Å². The summed E-state index contributed by atoms with van der Waals surface area (Å²) in [6, 6.07) is 6.85. The number of amidine groups is 1. The summed E-state index contributed by atoms with van der Waals surface area (Å²) in [5.41, 5.74) is 1.04. The number of nitrogens with zero attached hydrogens (tertiary/aromatic N) is 2. The van der Waals surface area contributed by atoms with Crippen LogP contribution in [-0.2, 0) is 10.0 Å². The summed E-state index contributed by atoms with van der Waals surface area (Å²) in [6.07, 6.45) is 3.93. The fourth-order valence-corrected chi connectivity index (χ4v) is 3.38. The molecule has 20 heavy (non-hydrogen) atoms. The van der Waals surface area contributed by atoms with Crippen LogP contribution >= 0.6 is 0 Å². The summed E-state index contributed by atoms with van der Waals surface area (Å²) in [7, 11) is -3.57. The molecule has 0 spiro atoms. The van der Waals surface area contributed by atoms with Gasteiger partial charge in [-0.15, -0.1) is 4.40 Å². The Morgan fingerprint density at radius 1 is 1.25 bits per heavy atom. The average Bonchev–Trinajstić information content (AvgIpc) is 2.83. The predicted octanol–water partition coefficient (Wildman–Crippen LogP) is 2.98. The highest BCUT2D eigenvalue weighted by molar-refractivity contribution is 7.90. The fourth-order valence-electron chi connectivity index (χ4n) is 2.31. The number of sulfonamides is 1. The number of rotatable bonds is 5. The molecule has 1 aliphatic heterocycles. The van der Waals surface area contributed by atoms with E-state index in [9.17, 15) is 8.42 Å². The van der Waals surface area contributed by atoms with Gasteiger partial charge in [-0.3, -0.25) is 0 Å². The summed E-state index contributed by atoms with van der Waals surface area (Å²) in [5.74, 6) is 0.721. The highest BCUT2D eigenvalue weighted by Crippen LogP contribution is 2.18. The Kier molecular flexibility index (Phi) is 4.81. The van der Waals surface area contributed by atoms with Crippen LogP contribution in [0.15, 0.2) is 33.6 Å². The Morgan fingerprint density at radius 3 is 2.60 bits per heavy atom. The van der Waals surface area contributed by atoms with Crippen LogP contribution in [0.5, 0.6) is 0 Å². The molecule has 0 N–H and O–H groups in total. The number of unbranched alkanes of at least 4 members (excludes halogenated alkanes) is 1. The molecule has 1 aliphatic rings. The predicted molar refractivity (Wildman–Crippen MR) is 81.5 cm³/mol. The van der Waals surface area contributed by atoms with E-state index in [0.717, 1.165) is 50.2 Å². The van der Waals surface area contributed by atoms with Crippen molar-refractivity contribution in [2.45, 2.75) is 44.4 Å². The Labute approximate surface area is 121 Å². The van der Waals surface area contributed by atoms with Gasteiger partial charge in [-0.25, -0.2) is 0 Å². The van der Waals surface area contributed by atoms with Gasteiger partial charge in [0, 0.05) is 19.5 Å². The molecule has 0 aromatic heterocycles. The van der Waals surface area contributed by atoms with Gasteiger partial charge in [0.1, 0.15) is 5.84 Å². The molecule has 0 aliphatic carbocycles. The van der Waals surface area contributed by atoms with Crippen LogP contribution < -0.4 is 0 Å². The SMILES string of the molecule is CCCCN1CCCC1=NS(=O)(=O)c1ccc(C)cc1. The first-order valence-corrected chi connectivity index (χ1v) is 8.62.